The average Bonchev–Trinajstić information content (AvgIpc) is 2.91. The topological polar surface area (TPSA) is 71.4 Å². The molecule has 0 aliphatic carbocycles. The SMILES string of the molecule is Oc1ccc2c(c1)OCC1=C2CCC(c2ccc(OCCN3CCCCC3)cc2)Oc2cc(O)ccc21. The lowest BCUT2D eigenvalue weighted by Crippen LogP contribution is -2.33. The molecule has 3 aliphatic heterocycles. The van der Waals surface area contributed by atoms with Crippen LogP contribution in [-0.2, 0) is 0 Å². The first-order chi connectivity index (χ1) is 18.1. The number of aromatic hydroxyl groups is 2. The molecule has 1 saturated heterocycles. The fourth-order valence-electron chi connectivity index (χ4n) is 5.64. The Hall–Kier alpha value is -3.64. The van der Waals surface area contributed by atoms with Gasteiger partial charge in [0.25, 0.3) is 0 Å². The van der Waals surface area contributed by atoms with Crippen LogP contribution in [0.2, 0.25) is 0 Å². The summed E-state index contributed by atoms with van der Waals surface area (Å²) in [6.45, 7) is 4.40. The summed E-state index contributed by atoms with van der Waals surface area (Å²) in [5.74, 6) is 2.57. The van der Waals surface area contributed by atoms with Gasteiger partial charge in [0.15, 0.2) is 0 Å². The third-order valence-corrected chi connectivity index (χ3v) is 7.62. The summed E-state index contributed by atoms with van der Waals surface area (Å²) in [6, 6.07) is 18.8. The Morgan fingerprint density at radius 3 is 2.27 bits per heavy atom. The van der Waals surface area contributed by atoms with Crippen molar-refractivity contribution >= 4 is 11.1 Å². The Morgan fingerprint density at radius 1 is 0.811 bits per heavy atom. The molecule has 0 saturated carbocycles. The van der Waals surface area contributed by atoms with Crippen LogP contribution in [0.4, 0.5) is 0 Å². The molecule has 0 amide bonds. The van der Waals surface area contributed by atoms with Crippen LogP contribution in [0.15, 0.2) is 60.7 Å². The molecule has 3 aliphatic rings. The van der Waals surface area contributed by atoms with Crippen molar-refractivity contribution in [2.75, 3.05) is 32.8 Å². The number of rotatable bonds is 5. The van der Waals surface area contributed by atoms with Gasteiger partial charge in [0.1, 0.15) is 48.1 Å². The minimum atomic E-state index is -0.180. The summed E-state index contributed by atoms with van der Waals surface area (Å²) >= 11 is 0. The molecule has 2 N–H and O–H groups in total. The lowest BCUT2D eigenvalue weighted by molar-refractivity contribution is 0.183. The maximum atomic E-state index is 10.2. The van der Waals surface area contributed by atoms with Crippen LogP contribution in [0.5, 0.6) is 28.7 Å². The number of nitrogens with zero attached hydrogens (tertiary/aromatic N) is 1. The molecule has 0 aromatic heterocycles. The number of hydrogen-bond donors (Lipinski definition) is 2. The lowest BCUT2D eigenvalue weighted by Gasteiger charge is -2.31. The first kappa shape index (κ1) is 23.7. The molecule has 1 unspecified atom stereocenters. The number of benzene rings is 3. The van der Waals surface area contributed by atoms with E-state index in [1.807, 2.05) is 24.3 Å². The van der Waals surface area contributed by atoms with Crippen molar-refractivity contribution in [2.45, 2.75) is 38.2 Å². The molecule has 0 spiro atoms. The Labute approximate surface area is 217 Å². The normalized spacial score (nSPS) is 19.4. The molecule has 1 atom stereocenters. The second-order valence-electron chi connectivity index (χ2n) is 10.1. The summed E-state index contributed by atoms with van der Waals surface area (Å²) in [7, 11) is 0. The number of likely N-dealkylation sites (tertiary alicyclic amines) is 1. The lowest BCUT2D eigenvalue weighted by atomic mass is 9.86. The van der Waals surface area contributed by atoms with Crippen molar-refractivity contribution in [1.29, 1.82) is 0 Å². The summed E-state index contributed by atoms with van der Waals surface area (Å²) in [4.78, 5) is 2.48. The highest BCUT2D eigenvalue weighted by Gasteiger charge is 2.28. The zero-order chi connectivity index (χ0) is 25.2. The van der Waals surface area contributed by atoms with Crippen LogP contribution in [0.3, 0.4) is 0 Å². The van der Waals surface area contributed by atoms with Gasteiger partial charge in [-0.2, -0.15) is 0 Å². The van der Waals surface area contributed by atoms with Crippen molar-refractivity contribution in [1.82, 2.24) is 4.90 Å². The number of allylic oxidation sites excluding steroid dienone is 1. The van der Waals surface area contributed by atoms with Crippen LogP contribution in [0.25, 0.3) is 11.1 Å². The zero-order valence-corrected chi connectivity index (χ0v) is 21.0. The highest BCUT2D eigenvalue weighted by Crippen LogP contribution is 2.47. The number of hydrogen-bond acceptors (Lipinski definition) is 6. The second-order valence-corrected chi connectivity index (χ2v) is 10.1. The van der Waals surface area contributed by atoms with Crippen LogP contribution in [-0.4, -0.2) is 48.0 Å². The quantitative estimate of drug-likeness (QED) is 0.437. The summed E-state index contributed by atoms with van der Waals surface area (Å²) in [5.41, 5.74) is 5.24. The highest BCUT2D eigenvalue weighted by atomic mass is 16.5. The Balaban J connectivity index is 1.23. The molecule has 6 nitrogen and oxygen atoms in total. The van der Waals surface area contributed by atoms with Gasteiger partial charge in [0.05, 0.1) is 0 Å². The second kappa shape index (κ2) is 10.4. The standard InChI is InChI=1S/C31H33NO5/c33-22-6-10-26-25-12-13-29(21-4-8-24(9-5-21)35-17-16-32-14-2-1-3-15-32)37-31-19-23(34)7-11-27(31)28(25)20-36-30(26)18-22/h4-11,18-19,29,33-34H,1-3,12-17,20H2. The van der Waals surface area contributed by atoms with Crippen molar-refractivity contribution in [3.05, 3.63) is 77.4 Å². The van der Waals surface area contributed by atoms with Crippen LogP contribution < -0.4 is 14.2 Å². The average molecular weight is 500 g/mol. The van der Waals surface area contributed by atoms with E-state index in [1.54, 1.807) is 24.3 Å². The fraction of sp³-hybridized carbons (Fsp3) is 0.355. The molecule has 1 fully saturated rings. The molecule has 3 aromatic rings. The number of piperidine rings is 1. The highest BCUT2D eigenvalue weighted by molar-refractivity contribution is 5.96. The van der Waals surface area contributed by atoms with E-state index in [0.717, 1.165) is 47.4 Å². The third kappa shape index (κ3) is 5.12. The molecule has 6 heteroatoms. The first-order valence-corrected chi connectivity index (χ1v) is 13.3. The van der Waals surface area contributed by atoms with Gasteiger partial charge in [-0.3, -0.25) is 4.90 Å². The van der Waals surface area contributed by atoms with Gasteiger partial charge in [-0.15, -0.1) is 0 Å². The van der Waals surface area contributed by atoms with E-state index in [2.05, 4.69) is 17.0 Å². The molecule has 6 rings (SSSR count). The molecular formula is C31H33NO5. The van der Waals surface area contributed by atoms with Crippen LogP contribution in [0, 0.1) is 0 Å². The van der Waals surface area contributed by atoms with E-state index in [1.165, 1.54) is 37.9 Å². The Morgan fingerprint density at radius 2 is 1.51 bits per heavy atom. The largest absolute Gasteiger partial charge is 0.508 e. The first-order valence-electron chi connectivity index (χ1n) is 13.3. The van der Waals surface area contributed by atoms with Crippen molar-refractivity contribution in [3.63, 3.8) is 0 Å². The molecular weight excluding hydrogens is 466 g/mol. The van der Waals surface area contributed by atoms with Gasteiger partial charge >= 0.3 is 0 Å². The molecule has 37 heavy (non-hydrogen) atoms. The number of phenols is 2. The molecule has 192 valence electrons. The van der Waals surface area contributed by atoms with E-state index in [-0.39, 0.29) is 17.6 Å². The third-order valence-electron chi connectivity index (χ3n) is 7.62. The summed E-state index contributed by atoms with van der Waals surface area (Å²) in [6.07, 6.45) is 5.31. The number of phenolic OH excluding ortho intramolecular Hbond substituents is 2. The minimum Gasteiger partial charge on any atom is -0.508 e. The molecule has 0 radical (unpaired) electrons. The fourth-order valence-corrected chi connectivity index (χ4v) is 5.64. The predicted octanol–water partition coefficient (Wildman–Crippen LogP) is 6.18. The Bertz CT molecular complexity index is 1290. The van der Waals surface area contributed by atoms with Crippen molar-refractivity contribution in [2.24, 2.45) is 0 Å². The smallest absolute Gasteiger partial charge is 0.131 e. The van der Waals surface area contributed by atoms with Gasteiger partial charge in [-0.25, -0.2) is 0 Å². The molecule has 0 bridgehead atoms. The zero-order valence-electron chi connectivity index (χ0n) is 21.0. The minimum absolute atomic E-state index is 0.166. The van der Waals surface area contributed by atoms with E-state index in [0.29, 0.717) is 24.7 Å². The predicted molar refractivity (Wildman–Crippen MR) is 143 cm³/mol. The van der Waals surface area contributed by atoms with Crippen molar-refractivity contribution in [3.8, 4) is 28.7 Å². The summed E-state index contributed by atoms with van der Waals surface area (Å²) in [5, 5.41) is 20.2. The number of ether oxygens (including phenoxy) is 3. The van der Waals surface area contributed by atoms with Gasteiger partial charge in [0, 0.05) is 35.4 Å². The van der Waals surface area contributed by atoms with Gasteiger partial charge in [0.2, 0.25) is 0 Å². The Kier molecular flexibility index (Phi) is 6.66. The van der Waals surface area contributed by atoms with Gasteiger partial charge in [-0.1, -0.05) is 18.6 Å². The maximum absolute atomic E-state index is 10.2. The van der Waals surface area contributed by atoms with Gasteiger partial charge < -0.3 is 24.4 Å². The van der Waals surface area contributed by atoms with E-state index < -0.39 is 0 Å². The molecule has 3 heterocycles. The number of fused-ring (bicyclic) bond motifs is 4. The van der Waals surface area contributed by atoms with Crippen LogP contribution in [0.1, 0.15) is 54.9 Å². The summed E-state index contributed by atoms with van der Waals surface area (Å²) < 4.78 is 18.6. The van der Waals surface area contributed by atoms with Crippen LogP contribution >= 0.6 is 0 Å². The maximum Gasteiger partial charge on any atom is 0.131 e. The van der Waals surface area contributed by atoms with E-state index >= 15 is 0 Å². The molecule has 3 aromatic carbocycles. The van der Waals surface area contributed by atoms with E-state index in [4.69, 9.17) is 14.2 Å². The monoisotopic (exact) mass is 499 g/mol. The van der Waals surface area contributed by atoms with E-state index in [9.17, 15) is 10.2 Å². The van der Waals surface area contributed by atoms with Crippen molar-refractivity contribution < 1.29 is 24.4 Å². The van der Waals surface area contributed by atoms with Gasteiger partial charge in [-0.05, 0) is 86.3 Å².